The standard InChI is InChI=1S/C27H25N3O3/c1-18-9-6-13-25(20(18)3)30-27(32)22(16-28)14-21-10-7-11-23(15-21)33-17-26(31)29-24-12-5-4-8-19(24)2/h4-15H,17H2,1-3H3,(H,29,31)(H,30,32)/b22-14-. The second-order valence-corrected chi connectivity index (χ2v) is 7.60. The van der Waals surface area contributed by atoms with Crippen LogP contribution in [0.1, 0.15) is 22.3 Å². The largest absolute Gasteiger partial charge is 0.484 e. The highest BCUT2D eigenvalue weighted by Gasteiger charge is 2.12. The summed E-state index contributed by atoms with van der Waals surface area (Å²) in [7, 11) is 0. The van der Waals surface area contributed by atoms with E-state index < -0.39 is 5.91 Å². The zero-order chi connectivity index (χ0) is 23.8. The minimum Gasteiger partial charge on any atom is -0.484 e. The highest BCUT2D eigenvalue weighted by molar-refractivity contribution is 6.10. The lowest BCUT2D eigenvalue weighted by atomic mass is 10.1. The smallest absolute Gasteiger partial charge is 0.266 e. The summed E-state index contributed by atoms with van der Waals surface area (Å²) in [6.07, 6.45) is 1.49. The van der Waals surface area contributed by atoms with Gasteiger partial charge >= 0.3 is 0 Å². The van der Waals surface area contributed by atoms with Crippen LogP contribution in [0.3, 0.4) is 0 Å². The van der Waals surface area contributed by atoms with Crippen LogP contribution in [0.5, 0.6) is 5.75 Å². The summed E-state index contributed by atoms with van der Waals surface area (Å²) in [6, 6.07) is 21.9. The molecule has 0 aliphatic heterocycles. The summed E-state index contributed by atoms with van der Waals surface area (Å²) < 4.78 is 5.60. The second-order valence-electron chi connectivity index (χ2n) is 7.60. The number of benzene rings is 3. The summed E-state index contributed by atoms with van der Waals surface area (Å²) >= 11 is 0. The third kappa shape index (κ3) is 6.31. The summed E-state index contributed by atoms with van der Waals surface area (Å²) in [6.45, 7) is 5.62. The van der Waals surface area contributed by atoms with Crippen molar-refractivity contribution in [3.63, 3.8) is 0 Å². The van der Waals surface area contributed by atoms with E-state index in [1.807, 2.05) is 63.2 Å². The summed E-state index contributed by atoms with van der Waals surface area (Å²) in [5.74, 6) is -0.318. The Labute approximate surface area is 193 Å². The van der Waals surface area contributed by atoms with Crippen molar-refractivity contribution in [1.29, 1.82) is 5.26 Å². The third-order valence-electron chi connectivity index (χ3n) is 5.18. The maximum atomic E-state index is 12.6. The number of carbonyl (C=O) groups excluding carboxylic acids is 2. The number of hydrogen-bond donors (Lipinski definition) is 2. The number of ether oxygens (including phenoxy) is 1. The van der Waals surface area contributed by atoms with Crippen LogP contribution in [0.25, 0.3) is 6.08 Å². The molecule has 0 bridgehead atoms. The van der Waals surface area contributed by atoms with Crippen LogP contribution < -0.4 is 15.4 Å². The Kier molecular flexibility index (Phi) is 7.61. The summed E-state index contributed by atoms with van der Waals surface area (Å²) in [4.78, 5) is 24.8. The van der Waals surface area contributed by atoms with Crippen LogP contribution in [-0.4, -0.2) is 18.4 Å². The molecule has 3 aromatic rings. The van der Waals surface area contributed by atoms with Gasteiger partial charge in [0.2, 0.25) is 0 Å². The van der Waals surface area contributed by atoms with Crippen LogP contribution in [-0.2, 0) is 9.59 Å². The Hall–Kier alpha value is -4.37. The second kappa shape index (κ2) is 10.8. The van der Waals surface area contributed by atoms with Crippen molar-refractivity contribution in [1.82, 2.24) is 0 Å². The van der Waals surface area contributed by atoms with E-state index in [0.29, 0.717) is 17.0 Å². The Balaban J connectivity index is 1.66. The van der Waals surface area contributed by atoms with Gasteiger partial charge in [-0.1, -0.05) is 42.5 Å². The van der Waals surface area contributed by atoms with E-state index in [9.17, 15) is 14.9 Å². The molecule has 0 atom stereocenters. The fourth-order valence-electron chi connectivity index (χ4n) is 3.13. The molecule has 0 saturated heterocycles. The normalized spacial score (nSPS) is 10.8. The molecule has 6 nitrogen and oxygen atoms in total. The van der Waals surface area contributed by atoms with Crippen LogP contribution in [0.15, 0.2) is 72.3 Å². The van der Waals surface area contributed by atoms with E-state index in [1.54, 1.807) is 30.3 Å². The van der Waals surface area contributed by atoms with Gasteiger partial charge in [-0.2, -0.15) is 5.26 Å². The lowest BCUT2D eigenvalue weighted by Gasteiger charge is -2.10. The van der Waals surface area contributed by atoms with Crippen molar-refractivity contribution in [3.8, 4) is 11.8 Å². The zero-order valence-electron chi connectivity index (χ0n) is 18.8. The quantitative estimate of drug-likeness (QED) is 0.392. The Bertz CT molecular complexity index is 1260. The number of amides is 2. The molecule has 0 aliphatic rings. The first-order valence-corrected chi connectivity index (χ1v) is 10.4. The van der Waals surface area contributed by atoms with E-state index in [2.05, 4.69) is 10.6 Å². The molecule has 166 valence electrons. The van der Waals surface area contributed by atoms with Crippen molar-refractivity contribution in [2.75, 3.05) is 17.2 Å². The predicted octanol–water partition coefficient (Wildman–Crippen LogP) is 5.18. The maximum Gasteiger partial charge on any atom is 0.266 e. The first-order chi connectivity index (χ1) is 15.9. The number of nitrogens with zero attached hydrogens (tertiary/aromatic N) is 1. The van der Waals surface area contributed by atoms with Gasteiger partial charge in [-0.15, -0.1) is 0 Å². The van der Waals surface area contributed by atoms with E-state index in [1.165, 1.54) is 6.08 Å². The van der Waals surface area contributed by atoms with Crippen molar-refractivity contribution in [3.05, 3.63) is 94.6 Å². The number of carbonyl (C=O) groups is 2. The molecule has 0 radical (unpaired) electrons. The van der Waals surface area contributed by atoms with Gasteiger partial charge in [-0.3, -0.25) is 9.59 Å². The topological polar surface area (TPSA) is 91.2 Å². The van der Waals surface area contributed by atoms with Crippen molar-refractivity contribution in [2.24, 2.45) is 0 Å². The third-order valence-corrected chi connectivity index (χ3v) is 5.18. The highest BCUT2D eigenvalue weighted by atomic mass is 16.5. The van der Waals surface area contributed by atoms with Crippen molar-refractivity contribution >= 4 is 29.3 Å². The van der Waals surface area contributed by atoms with Gasteiger partial charge in [-0.25, -0.2) is 0 Å². The van der Waals surface area contributed by atoms with Gasteiger partial charge < -0.3 is 15.4 Å². The summed E-state index contributed by atoms with van der Waals surface area (Å²) in [5, 5.41) is 15.1. The molecule has 0 aliphatic carbocycles. The molecule has 33 heavy (non-hydrogen) atoms. The Morgan fingerprint density at radius 3 is 2.36 bits per heavy atom. The van der Waals surface area contributed by atoms with E-state index >= 15 is 0 Å². The molecule has 0 spiro atoms. The SMILES string of the molecule is Cc1ccccc1NC(=O)COc1cccc(/C=C(/C#N)C(=O)Nc2cccc(C)c2C)c1. The first-order valence-electron chi connectivity index (χ1n) is 10.4. The van der Waals surface area contributed by atoms with Crippen LogP contribution in [0.4, 0.5) is 11.4 Å². The average Bonchev–Trinajstić information content (AvgIpc) is 2.81. The first kappa shape index (κ1) is 23.3. The minimum atomic E-state index is -0.491. The molecule has 0 aromatic heterocycles. The minimum absolute atomic E-state index is 0.0367. The number of aryl methyl sites for hydroxylation is 2. The van der Waals surface area contributed by atoms with Crippen molar-refractivity contribution < 1.29 is 14.3 Å². The predicted molar refractivity (Wildman–Crippen MR) is 130 cm³/mol. The van der Waals surface area contributed by atoms with Gasteiger partial charge in [0.25, 0.3) is 11.8 Å². The van der Waals surface area contributed by atoms with Gasteiger partial charge in [0, 0.05) is 11.4 Å². The van der Waals surface area contributed by atoms with Crippen LogP contribution in [0.2, 0.25) is 0 Å². The van der Waals surface area contributed by atoms with Gasteiger partial charge in [0.05, 0.1) is 0 Å². The molecule has 0 saturated carbocycles. The van der Waals surface area contributed by atoms with Gasteiger partial charge in [0.15, 0.2) is 6.61 Å². The fourth-order valence-corrected chi connectivity index (χ4v) is 3.13. The van der Waals surface area contributed by atoms with Crippen LogP contribution in [0, 0.1) is 32.1 Å². The van der Waals surface area contributed by atoms with E-state index in [-0.39, 0.29) is 18.1 Å². The number of para-hydroxylation sites is 1. The average molecular weight is 440 g/mol. The molecule has 0 unspecified atom stereocenters. The number of nitriles is 1. The molecule has 0 heterocycles. The molecule has 0 fully saturated rings. The van der Waals surface area contributed by atoms with Crippen LogP contribution >= 0.6 is 0 Å². The molecule has 3 rings (SSSR count). The number of anilines is 2. The van der Waals surface area contributed by atoms with E-state index in [0.717, 1.165) is 22.4 Å². The zero-order valence-corrected chi connectivity index (χ0v) is 18.8. The number of nitrogens with one attached hydrogen (secondary N) is 2. The number of rotatable bonds is 7. The van der Waals surface area contributed by atoms with E-state index in [4.69, 9.17) is 4.74 Å². The maximum absolute atomic E-state index is 12.6. The van der Waals surface area contributed by atoms with Gasteiger partial charge in [0.1, 0.15) is 17.4 Å². The van der Waals surface area contributed by atoms with Crippen molar-refractivity contribution in [2.45, 2.75) is 20.8 Å². The molecule has 2 N–H and O–H groups in total. The molecule has 6 heteroatoms. The highest BCUT2D eigenvalue weighted by Crippen LogP contribution is 2.20. The lowest BCUT2D eigenvalue weighted by Crippen LogP contribution is -2.20. The Morgan fingerprint density at radius 1 is 0.909 bits per heavy atom. The van der Waals surface area contributed by atoms with Gasteiger partial charge in [-0.05, 0) is 73.4 Å². The fraction of sp³-hybridized carbons (Fsp3) is 0.148. The molecule has 3 aromatic carbocycles. The lowest BCUT2D eigenvalue weighted by molar-refractivity contribution is -0.118. The molecular formula is C27H25N3O3. The monoisotopic (exact) mass is 439 g/mol. The molecular weight excluding hydrogens is 414 g/mol. The summed E-state index contributed by atoms with van der Waals surface area (Å²) in [5.41, 5.74) is 4.93. The Morgan fingerprint density at radius 2 is 1.61 bits per heavy atom. The number of hydrogen-bond acceptors (Lipinski definition) is 4. The molecule has 2 amide bonds.